The summed E-state index contributed by atoms with van der Waals surface area (Å²) in [4.78, 5) is 17.2. The molecule has 1 aliphatic carbocycles. The maximum absolute atomic E-state index is 12.5. The van der Waals surface area contributed by atoms with E-state index in [9.17, 15) is 4.79 Å². The fourth-order valence-corrected chi connectivity index (χ4v) is 3.09. The topological polar surface area (TPSA) is 39.2 Å². The molecule has 0 radical (unpaired) electrons. The van der Waals surface area contributed by atoms with Crippen LogP contribution in [0.3, 0.4) is 0 Å². The van der Waals surface area contributed by atoms with Gasteiger partial charge < -0.3 is 4.74 Å². The molecule has 0 unspecified atom stereocenters. The predicted molar refractivity (Wildman–Crippen MR) is 82.2 cm³/mol. The summed E-state index contributed by atoms with van der Waals surface area (Å²) in [6.07, 6.45) is 0. The van der Waals surface area contributed by atoms with Crippen molar-refractivity contribution in [2.75, 3.05) is 7.11 Å². The number of benzene rings is 2. The number of fused-ring (bicyclic) bond motifs is 4. The Morgan fingerprint density at radius 3 is 2.62 bits per heavy atom. The lowest BCUT2D eigenvalue weighted by Gasteiger charge is -2.07. The van der Waals surface area contributed by atoms with Crippen LogP contribution in [0.25, 0.3) is 22.2 Å². The lowest BCUT2D eigenvalue weighted by atomic mass is 10.1. The van der Waals surface area contributed by atoms with Crippen LogP contribution < -0.4 is 4.74 Å². The Morgan fingerprint density at radius 2 is 1.86 bits per heavy atom. The van der Waals surface area contributed by atoms with Crippen LogP contribution in [-0.2, 0) is 0 Å². The van der Waals surface area contributed by atoms with E-state index in [1.54, 1.807) is 13.2 Å². The van der Waals surface area contributed by atoms with Crippen molar-refractivity contribution in [1.82, 2.24) is 4.98 Å². The molecule has 4 rings (SSSR count). The number of carbonyl (C=O) groups excluding carboxylic acids is 1. The van der Waals surface area contributed by atoms with Crippen LogP contribution in [-0.4, -0.2) is 17.9 Å². The molecular formula is C17H10ClNO2. The number of hydrogen-bond donors (Lipinski definition) is 0. The number of ketones is 1. The predicted octanol–water partition coefficient (Wildman–Crippen LogP) is 4.11. The van der Waals surface area contributed by atoms with E-state index < -0.39 is 0 Å². The second-order valence-corrected chi connectivity index (χ2v) is 5.29. The van der Waals surface area contributed by atoms with E-state index in [0.29, 0.717) is 27.6 Å². The average molecular weight is 296 g/mol. The van der Waals surface area contributed by atoms with Crippen molar-refractivity contribution in [2.45, 2.75) is 0 Å². The van der Waals surface area contributed by atoms with Crippen LogP contribution in [0.4, 0.5) is 0 Å². The molecule has 3 aromatic rings. The molecule has 4 heteroatoms. The fraction of sp³-hybridized carbons (Fsp3) is 0.0588. The first-order valence-corrected chi connectivity index (χ1v) is 6.90. The van der Waals surface area contributed by atoms with Crippen LogP contribution in [0.2, 0.25) is 5.02 Å². The number of hydrogen-bond acceptors (Lipinski definition) is 3. The monoisotopic (exact) mass is 295 g/mol. The largest absolute Gasteiger partial charge is 0.497 e. The molecule has 1 aromatic heterocycles. The summed E-state index contributed by atoms with van der Waals surface area (Å²) in [6, 6.07) is 12.9. The SMILES string of the molecule is COc1ccc2c(Cl)c3c(nc2c1)-c1ccccc1C3=O. The zero-order chi connectivity index (χ0) is 14.6. The van der Waals surface area contributed by atoms with Crippen molar-refractivity contribution in [3.05, 3.63) is 58.6 Å². The third-order valence-electron chi connectivity index (χ3n) is 3.78. The van der Waals surface area contributed by atoms with Crippen LogP contribution in [0.1, 0.15) is 15.9 Å². The van der Waals surface area contributed by atoms with Gasteiger partial charge in [0.15, 0.2) is 5.78 Å². The summed E-state index contributed by atoms with van der Waals surface area (Å²) in [7, 11) is 1.61. The second-order valence-electron chi connectivity index (χ2n) is 4.91. The van der Waals surface area contributed by atoms with Gasteiger partial charge >= 0.3 is 0 Å². The first kappa shape index (κ1) is 12.4. The average Bonchev–Trinajstić information content (AvgIpc) is 2.81. The Kier molecular flexibility index (Phi) is 2.53. The van der Waals surface area contributed by atoms with Crippen molar-refractivity contribution in [3.8, 4) is 17.0 Å². The zero-order valence-corrected chi connectivity index (χ0v) is 11.9. The Bertz CT molecular complexity index is 918. The number of halogens is 1. The maximum Gasteiger partial charge on any atom is 0.197 e. The van der Waals surface area contributed by atoms with E-state index in [1.165, 1.54) is 0 Å². The van der Waals surface area contributed by atoms with Crippen molar-refractivity contribution >= 4 is 28.3 Å². The maximum atomic E-state index is 12.5. The molecule has 2 aromatic carbocycles. The Balaban J connectivity index is 2.12. The van der Waals surface area contributed by atoms with Crippen LogP contribution >= 0.6 is 11.6 Å². The molecule has 0 N–H and O–H groups in total. The molecule has 102 valence electrons. The first-order chi connectivity index (χ1) is 10.2. The molecule has 0 aliphatic heterocycles. The lowest BCUT2D eigenvalue weighted by Crippen LogP contribution is -1.98. The highest BCUT2D eigenvalue weighted by Gasteiger charge is 2.31. The molecule has 0 saturated carbocycles. The molecule has 0 saturated heterocycles. The van der Waals surface area contributed by atoms with E-state index in [-0.39, 0.29) is 5.78 Å². The van der Waals surface area contributed by atoms with Crippen LogP contribution in [0.15, 0.2) is 42.5 Å². The van der Waals surface area contributed by atoms with E-state index >= 15 is 0 Å². The van der Waals surface area contributed by atoms with Gasteiger partial charge in [-0.1, -0.05) is 35.9 Å². The minimum atomic E-state index is -0.0594. The van der Waals surface area contributed by atoms with Gasteiger partial charge in [0.1, 0.15) is 5.75 Å². The molecule has 1 heterocycles. The van der Waals surface area contributed by atoms with Crippen LogP contribution in [0.5, 0.6) is 5.75 Å². The van der Waals surface area contributed by atoms with Gasteiger partial charge in [-0.2, -0.15) is 0 Å². The van der Waals surface area contributed by atoms with Gasteiger partial charge in [0.05, 0.1) is 28.9 Å². The number of aromatic nitrogens is 1. The Labute approximate surface area is 126 Å². The summed E-state index contributed by atoms with van der Waals surface area (Å²) in [6.45, 7) is 0. The van der Waals surface area contributed by atoms with Gasteiger partial charge in [-0.15, -0.1) is 0 Å². The normalized spacial score (nSPS) is 12.4. The fourth-order valence-electron chi connectivity index (χ4n) is 2.76. The smallest absolute Gasteiger partial charge is 0.197 e. The molecule has 0 fully saturated rings. The molecule has 0 amide bonds. The van der Waals surface area contributed by atoms with E-state index in [0.717, 1.165) is 16.5 Å². The third-order valence-corrected chi connectivity index (χ3v) is 4.18. The number of ether oxygens (including phenoxy) is 1. The lowest BCUT2D eigenvalue weighted by molar-refractivity contribution is 0.104. The number of carbonyl (C=O) groups is 1. The minimum Gasteiger partial charge on any atom is -0.497 e. The van der Waals surface area contributed by atoms with E-state index in [2.05, 4.69) is 4.98 Å². The van der Waals surface area contributed by atoms with Crippen molar-refractivity contribution in [2.24, 2.45) is 0 Å². The highest BCUT2D eigenvalue weighted by atomic mass is 35.5. The number of nitrogens with zero attached hydrogens (tertiary/aromatic N) is 1. The quantitative estimate of drug-likeness (QED) is 0.530. The zero-order valence-electron chi connectivity index (χ0n) is 11.2. The summed E-state index contributed by atoms with van der Waals surface area (Å²) < 4.78 is 5.22. The van der Waals surface area contributed by atoms with Gasteiger partial charge in [-0.05, 0) is 12.1 Å². The summed E-state index contributed by atoms with van der Waals surface area (Å²) in [5.41, 5.74) is 3.37. The van der Waals surface area contributed by atoms with Crippen molar-refractivity contribution < 1.29 is 9.53 Å². The number of pyridine rings is 1. The highest BCUT2D eigenvalue weighted by molar-refractivity contribution is 6.41. The van der Waals surface area contributed by atoms with E-state index in [4.69, 9.17) is 16.3 Å². The third kappa shape index (κ3) is 1.61. The van der Waals surface area contributed by atoms with Gasteiger partial charge in [0, 0.05) is 22.6 Å². The molecule has 3 nitrogen and oxygen atoms in total. The Hall–Kier alpha value is -2.39. The molecule has 1 aliphatic rings. The summed E-state index contributed by atoms with van der Waals surface area (Å²) >= 11 is 6.47. The summed E-state index contributed by atoms with van der Waals surface area (Å²) in [5, 5.41) is 1.22. The first-order valence-electron chi connectivity index (χ1n) is 6.52. The standard InChI is InChI=1S/C17H10ClNO2/c1-21-9-6-7-12-13(8-9)19-16-10-4-2-3-5-11(10)17(20)14(16)15(12)18/h2-8H,1H3. The van der Waals surface area contributed by atoms with Gasteiger partial charge in [0.25, 0.3) is 0 Å². The minimum absolute atomic E-state index is 0.0594. The summed E-state index contributed by atoms with van der Waals surface area (Å²) in [5.74, 6) is 0.652. The second kappa shape index (κ2) is 4.30. The van der Waals surface area contributed by atoms with Gasteiger partial charge in [0.2, 0.25) is 0 Å². The molecule has 0 bridgehead atoms. The van der Waals surface area contributed by atoms with Crippen molar-refractivity contribution in [1.29, 1.82) is 0 Å². The molecular weight excluding hydrogens is 286 g/mol. The van der Waals surface area contributed by atoms with E-state index in [1.807, 2.05) is 36.4 Å². The van der Waals surface area contributed by atoms with Gasteiger partial charge in [-0.25, -0.2) is 4.98 Å². The Morgan fingerprint density at radius 1 is 1.10 bits per heavy atom. The number of methoxy groups -OCH3 is 1. The van der Waals surface area contributed by atoms with Crippen LogP contribution in [0, 0.1) is 0 Å². The van der Waals surface area contributed by atoms with Gasteiger partial charge in [-0.3, -0.25) is 4.79 Å². The van der Waals surface area contributed by atoms with Crippen molar-refractivity contribution in [3.63, 3.8) is 0 Å². The highest BCUT2D eigenvalue weighted by Crippen LogP contribution is 2.42. The molecule has 0 spiro atoms. The molecule has 0 atom stereocenters. The number of rotatable bonds is 1. The molecule has 21 heavy (non-hydrogen) atoms.